The number of aliphatic hydroxyl groups is 2. The standard InChI is InChI=1S/C7H13NO5/c8-7(13)4(2-6(11)12)1-5(10)3-9/h4-5,9-10H,1-3H2,(H2,8,13)(H,11,12). The van der Waals surface area contributed by atoms with Crippen LogP contribution in [0.3, 0.4) is 0 Å². The van der Waals surface area contributed by atoms with Gasteiger partial charge in [-0.25, -0.2) is 0 Å². The Kier molecular flexibility index (Phi) is 5.01. The molecule has 0 spiro atoms. The molecule has 0 aromatic heterocycles. The van der Waals surface area contributed by atoms with Gasteiger partial charge < -0.3 is 21.1 Å². The fourth-order valence-electron chi connectivity index (χ4n) is 0.914. The number of carbonyl (C=O) groups is 2. The van der Waals surface area contributed by atoms with E-state index >= 15 is 0 Å². The molecule has 5 N–H and O–H groups in total. The number of primary amides is 1. The lowest BCUT2D eigenvalue weighted by Crippen LogP contribution is -2.30. The fraction of sp³-hybridized carbons (Fsp3) is 0.714. The quantitative estimate of drug-likeness (QED) is 0.399. The molecule has 0 saturated carbocycles. The lowest BCUT2D eigenvalue weighted by molar-refractivity contribution is -0.141. The van der Waals surface area contributed by atoms with E-state index in [9.17, 15) is 9.59 Å². The van der Waals surface area contributed by atoms with E-state index in [1.165, 1.54) is 0 Å². The van der Waals surface area contributed by atoms with Crippen molar-refractivity contribution < 1.29 is 24.9 Å². The van der Waals surface area contributed by atoms with E-state index in [0.717, 1.165) is 0 Å². The molecule has 76 valence electrons. The van der Waals surface area contributed by atoms with Crippen LogP contribution in [0.4, 0.5) is 0 Å². The Morgan fingerprint density at radius 1 is 1.38 bits per heavy atom. The highest BCUT2D eigenvalue weighted by molar-refractivity contribution is 5.81. The molecule has 0 aliphatic heterocycles. The zero-order valence-electron chi connectivity index (χ0n) is 7.01. The van der Waals surface area contributed by atoms with Gasteiger partial charge in [0.05, 0.1) is 25.0 Å². The lowest BCUT2D eigenvalue weighted by atomic mass is 9.97. The summed E-state index contributed by atoms with van der Waals surface area (Å²) in [6.07, 6.45) is -1.65. The van der Waals surface area contributed by atoms with Crippen LogP contribution in [0.1, 0.15) is 12.8 Å². The average Bonchev–Trinajstić information content (AvgIpc) is 2.02. The molecule has 6 heteroatoms. The van der Waals surface area contributed by atoms with Crippen LogP contribution >= 0.6 is 0 Å². The summed E-state index contributed by atoms with van der Waals surface area (Å²) in [7, 11) is 0. The van der Waals surface area contributed by atoms with Crippen molar-refractivity contribution in [3.05, 3.63) is 0 Å². The minimum atomic E-state index is -1.16. The minimum absolute atomic E-state index is 0.127. The van der Waals surface area contributed by atoms with E-state index < -0.39 is 36.9 Å². The summed E-state index contributed by atoms with van der Waals surface area (Å²) in [4.78, 5) is 20.9. The third-order valence-corrected chi connectivity index (χ3v) is 1.59. The van der Waals surface area contributed by atoms with Crippen molar-refractivity contribution in [2.75, 3.05) is 6.61 Å². The van der Waals surface area contributed by atoms with Gasteiger partial charge in [0.25, 0.3) is 0 Å². The third kappa shape index (κ3) is 5.15. The molecule has 2 unspecified atom stereocenters. The largest absolute Gasteiger partial charge is 0.481 e. The number of rotatable bonds is 6. The van der Waals surface area contributed by atoms with Gasteiger partial charge in [-0.1, -0.05) is 0 Å². The molecule has 0 aliphatic carbocycles. The molecule has 6 nitrogen and oxygen atoms in total. The summed E-state index contributed by atoms with van der Waals surface area (Å²) in [5.41, 5.74) is 4.89. The van der Waals surface area contributed by atoms with Crippen LogP contribution in [0, 0.1) is 5.92 Å². The molecule has 0 saturated heterocycles. The first-order valence-corrected chi connectivity index (χ1v) is 3.77. The molecular weight excluding hydrogens is 178 g/mol. The van der Waals surface area contributed by atoms with Crippen LogP contribution < -0.4 is 5.73 Å². The normalized spacial score (nSPS) is 14.9. The summed E-state index contributed by atoms with van der Waals surface area (Å²) in [6.45, 7) is -0.511. The van der Waals surface area contributed by atoms with E-state index in [1.54, 1.807) is 0 Å². The molecule has 0 heterocycles. The number of aliphatic carboxylic acids is 1. The van der Waals surface area contributed by atoms with E-state index in [0.29, 0.717) is 0 Å². The van der Waals surface area contributed by atoms with Crippen molar-refractivity contribution in [3.63, 3.8) is 0 Å². The number of hydrogen-bond donors (Lipinski definition) is 4. The lowest BCUT2D eigenvalue weighted by Gasteiger charge is -2.13. The van der Waals surface area contributed by atoms with Crippen LogP contribution in [0.25, 0.3) is 0 Å². The number of nitrogens with two attached hydrogens (primary N) is 1. The topological polar surface area (TPSA) is 121 Å². The Morgan fingerprint density at radius 2 is 1.92 bits per heavy atom. The van der Waals surface area contributed by atoms with Crippen molar-refractivity contribution in [3.8, 4) is 0 Å². The van der Waals surface area contributed by atoms with E-state index in [1.807, 2.05) is 0 Å². The van der Waals surface area contributed by atoms with Gasteiger partial charge in [-0.15, -0.1) is 0 Å². The Morgan fingerprint density at radius 3 is 2.23 bits per heavy atom. The van der Waals surface area contributed by atoms with E-state index in [2.05, 4.69) is 0 Å². The van der Waals surface area contributed by atoms with Gasteiger partial charge in [-0.3, -0.25) is 9.59 Å². The molecule has 2 atom stereocenters. The first-order valence-electron chi connectivity index (χ1n) is 3.77. The summed E-state index contributed by atoms with van der Waals surface area (Å²) in [5, 5.41) is 25.8. The van der Waals surface area contributed by atoms with E-state index in [-0.39, 0.29) is 6.42 Å². The summed E-state index contributed by atoms with van der Waals surface area (Å²) in [5.74, 6) is -2.87. The molecule has 0 aromatic carbocycles. The molecule has 0 aliphatic rings. The fourth-order valence-corrected chi connectivity index (χ4v) is 0.914. The second kappa shape index (κ2) is 5.50. The number of amides is 1. The van der Waals surface area contributed by atoms with Gasteiger partial charge in [0.15, 0.2) is 0 Å². The van der Waals surface area contributed by atoms with Gasteiger partial charge in [-0.2, -0.15) is 0 Å². The average molecular weight is 191 g/mol. The van der Waals surface area contributed by atoms with Crippen LogP contribution in [0.2, 0.25) is 0 Å². The van der Waals surface area contributed by atoms with Crippen LogP contribution in [-0.4, -0.2) is 39.9 Å². The number of carboxylic acid groups (broad SMARTS) is 1. The second-order valence-electron chi connectivity index (χ2n) is 2.77. The number of carboxylic acids is 1. The highest BCUT2D eigenvalue weighted by Gasteiger charge is 2.22. The Labute approximate surface area is 75.0 Å². The summed E-state index contributed by atoms with van der Waals surface area (Å²) >= 11 is 0. The molecule has 1 amide bonds. The van der Waals surface area contributed by atoms with Crippen LogP contribution in [0.5, 0.6) is 0 Å². The van der Waals surface area contributed by atoms with Gasteiger partial charge in [0.2, 0.25) is 5.91 Å². The smallest absolute Gasteiger partial charge is 0.304 e. The highest BCUT2D eigenvalue weighted by Crippen LogP contribution is 2.10. The molecule has 13 heavy (non-hydrogen) atoms. The van der Waals surface area contributed by atoms with Gasteiger partial charge in [-0.05, 0) is 6.42 Å². The molecule has 0 fully saturated rings. The Hall–Kier alpha value is -1.14. The van der Waals surface area contributed by atoms with Crippen molar-refractivity contribution in [1.29, 1.82) is 0 Å². The first kappa shape index (κ1) is 11.9. The SMILES string of the molecule is NC(=O)C(CC(=O)O)CC(O)CO. The van der Waals surface area contributed by atoms with Crippen molar-refractivity contribution >= 4 is 11.9 Å². The maximum atomic E-state index is 10.7. The van der Waals surface area contributed by atoms with Gasteiger partial charge in [0.1, 0.15) is 0 Å². The number of aliphatic hydroxyl groups excluding tert-OH is 2. The monoisotopic (exact) mass is 191 g/mol. The Bertz CT molecular complexity index is 193. The van der Waals surface area contributed by atoms with Gasteiger partial charge in [0, 0.05) is 0 Å². The second-order valence-corrected chi connectivity index (χ2v) is 2.77. The van der Waals surface area contributed by atoms with Crippen LogP contribution in [-0.2, 0) is 9.59 Å². The zero-order valence-corrected chi connectivity index (χ0v) is 7.01. The molecule has 0 radical (unpaired) electrons. The van der Waals surface area contributed by atoms with Crippen molar-refractivity contribution in [1.82, 2.24) is 0 Å². The minimum Gasteiger partial charge on any atom is -0.481 e. The van der Waals surface area contributed by atoms with Crippen LogP contribution in [0.15, 0.2) is 0 Å². The molecule has 0 aromatic rings. The maximum Gasteiger partial charge on any atom is 0.304 e. The summed E-state index contributed by atoms with van der Waals surface area (Å²) in [6, 6.07) is 0. The molecular formula is C7H13NO5. The van der Waals surface area contributed by atoms with Crippen molar-refractivity contribution in [2.45, 2.75) is 18.9 Å². The van der Waals surface area contributed by atoms with Gasteiger partial charge >= 0.3 is 5.97 Å². The Balaban J connectivity index is 4.10. The summed E-state index contributed by atoms with van der Waals surface area (Å²) < 4.78 is 0. The van der Waals surface area contributed by atoms with Crippen molar-refractivity contribution in [2.24, 2.45) is 11.7 Å². The molecule has 0 rings (SSSR count). The number of hydrogen-bond acceptors (Lipinski definition) is 4. The predicted octanol–water partition coefficient (Wildman–Crippen LogP) is -1.69. The third-order valence-electron chi connectivity index (χ3n) is 1.59. The molecule has 0 bridgehead atoms. The number of carbonyl (C=O) groups excluding carboxylic acids is 1. The highest BCUT2D eigenvalue weighted by atomic mass is 16.4. The first-order chi connectivity index (χ1) is 5.97. The maximum absolute atomic E-state index is 10.7. The predicted molar refractivity (Wildman–Crippen MR) is 42.6 cm³/mol. The van der Waals surface area contributed by atoms with E-state index in [4.69, 9.17) is 21.1 Å². The zero-order chi connectivity index (χ0) is 10.4.